The van der Waals surface area contributed by atoms with Crippen LogP contribution in [-0.2, 0) is 20.7 Å². The Kier molecular flexibility index (Phi) is 7.04. The molecule has 2 heterocycles. The van der Waals surface area contributed by atoms with Crippen molar-refractivity contribution in [2.24, 2.45) is 0 Å². The largest absolute Gasteiger partial charge is 0.456 e. The highest BCUT2D eigenvalue weighted by atomic mass is 32.1. The Balaban J connectivity index is 1.33. The van der Waals surface area contributed by atoms with Crippen LogP contribution in [0.25, 0.3) is 15.9 Å². The van der Waals surface area contributed by atoms with E-state index in [0.717, 1.165) is 32.2 Å². The minimum atomic E-state index is -0.495. The number of hydrogen-bond acceptors (Lipinski definition) is 6. The van der Waals surface area contributed by atoms with E-state index in [2.05, 4.69) is 16.4 Å². The summed E-state index contributed by atoms with van der Waals surface area (Å²) in [5.74, 6) is -0.561. The number of anilines is 1. The average Bonchev–Trinajstić information content (AvgIpc) is 3.36. The van der Waals surface area contributed by atoms with Gasteiger partial charge < -0.3 is 10.1 Å². The van der Waals surface area contributed by atoms with Crippen LogP contribution < -0.4 is 5.32 Å². The molecule has 0 radical (unpaired) electrons. The molecule has 0 fully saturated rings. The van der Waals surface area contributed by atoms with E-state index in [1.54, 1.807) is 11.3 Å². The molecule has 8 heteroatoms. The van der Waals surface area contributed by atoms with Crippen molar-refractivity contribution < 1.29 is 14.3 Å². The van der Waals surface area contributed by atoms with Gasteiger partial charge >= 0.3 is 5.97 Å². The van der Waals surface area contributed by atoms with Gasteiger partial charge in [-0.25, -0.2) is 4.98 Å². The Labute approximate surface area is 201 Å². The molecule has 34 heavy (non-hydrogen) atoms. The molecule has 172 valence electrons. The molecule has 1 amide bonds. The number of ether oxygens (including phenoxy) is 1. The molecular weight excluding hydrogens is 448 g/mol. The maximum Gasteiger partial charge on any atom is 0.306 e. The van der Waals surface area contributed by atoms with Crippen molar-refractivity contribution in [3.63, 3.8) is 0 Å². The first kappa shape index (κ1) is 23.2. The zero-order chi connectivity index (χ0) is 24.1. The summed E-state index contributed by atoms with van der Waals surface area (Å²) in [5, 5.41) is 13.4. The van der Waals surface area contributed by atoms with Gasteiger partial charge in [0.1, 0.15) is 11.9 Å². The predicted octanol–water partition coefficient (Wildman–Crippen LogP) is 5.08. The minimum Gasteiger partial charge on any atom is -0.456 e. The lowest BCUT2D eigenvalue weighted by molar-refractivity contribution is -0.147. The van der Waals surface area contributed by atoms with E-state index in [1.807, 2.05) is 73.0 Å². The summed E-state index contributed by atoms with van der Waals surface area (Å²) < 4.78 is 8.12. The first-order valence-electron chi connectivity index (χ1n) is 10.9. The smallest absolute Gasteiger partial charge is 0.306 e. The monoisotopic (exact) mass is 472 g/mol. The Hall–Kier alpha value is -3.96. The second-order valence-corrected chi connectivity index (χ2v) is 8.97. The molecule has 1 N–H and O–H groups in total. The summed E-state index contributed by atoms with van der Waals surface area (Å²) >= 11 is 1.62. The lowest BCUT2D eigenvalue weighted by Crippen LogP contribution is -2.22. The van der Waals surface area contributed by atoms with Crippen LogP contribution in [0.5, 0.6) is 0 Å². The molecule has 0 aliphatic heterocycles. The lowest BCUT2D eigenvalue weighted by atomic mass is 10.2. The molecule has 7 nitrogen and oxygen atoms in total. The second kappa shape index (κ2) is 10.3. The van der Waals surface area contributed by atoms with Crippen LogP contribution >= 0.6 is 11.3 Å². The van der Waals surface area contributed by atoms with Crippen molar-refractivity contribution in [3.8, 4) is 11.8 Å². The summed E-state index contributed by atoms with van der Waals surface area (Å²) in [6, 6.07) is 19.6. The maximum absolute atomic E-state index is 12.6. The lowest BCUT2D eigenvalue weighted by Gasteiger charge is -2.13. The van der Waals surface area contributed by atoms with E-state index >= 15 is 0 Å². The van der Waals surface area contributed by atoms with E-state index in [0.29, 0.717) is 24.2 Å². The molecule has 0 spiro atoms. The third-order valence-corrected chi connectivity index (χ3v) is 6.67. The van der Waals surface area contributed by atoms with Gasteiger partial charge in [0.2, 0.25) is 0 Å². The van der Waals surface area contributed by atoms with Gasteiger partial charge in [0, 0.05) is 17.8 Å². The number of aryl methyl sites for hydroxylation is 1. The number of para-hydroxylation sites is 2. The normalized spacial score (nSPS) is 10.7. The number of nitriles is 1. The molecule has 0 aliphatic carbocycles. The number of aromatic nitrogens is 2. The van der Waals surface area contributed by atoms with Crippen molar-refractivity contribution in [1.29, 1.82) is 5.26 Å². The number of benzene rings is 2. The van der Waals surface area contributed by atoms with Gasteiger partial charge in [-0.2, -0.15) is 5.26 Å². The van der Waals surface area contributed by atoms with Crippen LogP contribution in [0, 0.1) is 25.2 Å². The van der Waals surface area contributed by atoms with Crippen LogP contribution in [0.1, 0.15) is 34.7 Å². The van der Waals surface area contributed by atoms with Gasteiger partial charge in [-0.05, 0) is 56.5 Å². The summed E-state index contributed by atoms with van der Waals surface area (Å²) in [7, 11) is 0. The predicted molar refractivity (Wildman–Crippen MR) is 132 cm³/mol. The minimum absolute atomic E-state index is 0.200. The zero-order valence-electron chi connectivity index (χ0n) is 19.0. The van der Waals surface area contributed by atoms with Gasteiger partial charge in [0.15, 0.2) is 6.61 Å². The van der Waals surface area contributed by atoms with Crippen molar-refractivity contribution in [1.82, 2.24) is 9.55 Å². The van der Waals surface area contributed by atoms with Crippen LogP contribution in [-0.4, -0.2) is 28.0 Å². The quantitative estimate of drug-likeness (QED) is 0.361. The number of carbonyl (C=O) groups excluding carboxylic acids is 2. The van der Waals surface area contributed by atoms with Crippen LogP contribution in [0.15, 0.2) is 54.6 Å². The number of carbonyl (C=O) groups is 2. The zero-order valence-corrected chi connectivity index (χ0v) is 19.8. The van der Waals surface area contributed by atoms with Gasteiger partial charge in [-0.3, -0.25) is 14.2 Å². The summed E-state index contributed by atoms with van der Waals surface area (Å²) in [4.78, 5) is 29.3. The first-order chi connectivity index (χ1) is 16.5. The molecule has 2 aromatic carbocycles. The van der Waals surface area contributed by atoms with Crippen LogP contribution in [0.3, 0.4) is 0 Å². The van der Waals surface area contributed by atoms with Gasteiger partial charge in [-0.15, -0.1) is 11.3 Å². The standard InChI is InChI=1S/C26H24N4O3S/c1-17-18(2)30(19-9-4-3-5-10-19)26(20(17)15-27)29-23(31)16-33-25(32)14-8-13-24-28-21-11-6-7-12-22(21)34-24/h3-7,9-12H,8,13-14,16H2,1-2H3,(H,29,31). The number of thiazole rings is 1. The maximum atomic E-state index is 12.6. The number of esters is 1. The summed E-state index contributed by atoms with van der Waals surface area (Å²) in [5.41, 5.74) is 3.81. The first-order valence-corrected chi connectivity index (χ1v) is 11.8. The van der Waals surface area contributed by atoms with Crippen molar-refractivity contribution in [2.45, 2.75) is 33.1 Å². The molecule has 0 atom stereocenters. The molecule has 0 aliphatic rings. The van der Waals surface area contributed by atoms with E-state index < -0.39 is 18.5 Å². The summed E-state index contributed by atoms with van der Waals surface area (Å²) in [6.45, 7) is 3.32. The van der Waals surface area contributed by atoms with Crippen molar-refractivity contribution in [3.05, 3.63) is 76.4 Å². The van der Waals surface area contributed by atoms with Crippen LogP contribution in [0.2, 0.25) is 0 Å². The van der Waals surface area contributed by atoms with Crippen molar-refractivity contribution in [2.75, 3.05) is 11.9 Å². The number of hydrogen-bond donors (Lipinski definition) is 1. The molecular formula is C26H24N4O3S. The van der Waals surface area contributed by atoms with E-state index in [4.69, 9.17) is 4.74 Å². The molecule has 0 unspecified atom stereocenters. The van der Waals surface area contributed by atoms with E-state index in [-0.39, 0.29) is 6.42 Å². The Morgan fingerprint density at radius 1 is 1.12 bits per heavy atom. The molecule has 4 rings (SSSR count). The molecule has 2 aromatic heterocycles. The highest BCUT2D eigenvalue weighted by Crippen LogP contribution is 2.30. The van der Waals surface area contributed by atoms with Gasteiger partial charge in [-0.1, -0.05) is 30.3 Å². The molecule has 0 bridgehead atoms. The third-order valence-electron chi connectivity index (χ3n) is 5.57. The number of nitrogens with one attached hydrogen (secondary N) is 1. The van der Waals surface area contributed by atoms with E-state index in [1.165, 1.54) is 0 Å². The number of amides is 1. The highest BCUT2D eigenvalue weighted by Gasteiger charge is 2.21. The average molecular weight is 473 g/mol. The van der Waals surface area contributed by atoms with Gasteiger partial charge in [0.25, 0.3) is 5.91 Å². The fourth-order valence-corrected chi connectivity index (χ4v) is 4.77. The van der Waals surface area contributed by atoms with Crippen LogP contribution in [0.4, 0.5) is 5.82 Å². The number of fused-ring (bicyclic) bond motifs is 1. The third kappa shape index (κ3) is 5.00. The summed E-state index contributed by atoms with van der Waals surface area (Å²) in [6.07, 6.45) is 1.47. The molecule has 0 saturated heterocycles. The number of rotatable bonds is 8. The second-order valence-electron chi connectivity index (χ2n) is 7.85. The Morgan fingerprint density at radius 2 is 1.85 bits per heavy atom. The Morgan fingerprint density at radius 3 is 2.59 bits per heavy atom. The fraction of sp³-hybridized carbons (Fsp3) is 0.231. The Bertz CT molecular complexity index is 1350. The van der Waals surface area contributed by atoms with Crippen molar-refractivity contribution >= 4 is 39.2 Å². The fourth-order valence-electron chi connectivity index (χ4n) is 3.76. The highest BCUT2D eigenvalue weighted by molar-refractivity contribution is 7.18. The molecule has 0 saturated carbocycles. The molecule has 4 aromatic rings. The SMILES string of the molecule is Cc1c(C#N)c(NC(=O)COC(=O)CCCc2nc3ccccc3s2)n(-c2ccccc2)c1C. The number of nitrogens with zero attached hydrogens (tertiary/aromatic N) is 3. The van der Waals surface area contributed by atoms with Gasteiger partial charge in [0.05, 0.1) is 20.8 Å². The topological polar surface area (TPSA) is 97.0 Å². The van der Waals surface area contributed by atoms with E-state index in [9.17, 15) is 14.9 Å².